The van der Waals surface area contributed by atoms with Crippen LogP contribution in [-0.4, -0.2) is 15.0 Å². The van der Waals surface area contributed by atoms with Gasteiger partial charge in [0.2, 0.25) is 0 Å². The number of rotatable bonds is 8. The Morgan fingerprint density at radius 3 is 2.07 bits per heavy atom. The number of nitrogens with one attached hydrogen (secondary N) is 1. The lowest BCUT2D eigenvalue weighted by atomic mass is 10.1. The van der Waals surface area contributed by atoms with E-state index in [0.29, 0.717) is 16.9 Å². The number of hydrogen-bond acceptors (Lipinski definition) is 4. The Bertz CT molecular complexity index is 1750. The number of amides is 1. The van der Waals surface area contributed by atoms with Gasteiger partial charge in [0.05, 0.1) is 27.6 Å². The van der Waals surface area contributed by atoms with Crippen LogP contribution in [0.4, 0.5) is 22.7 Å². The zero-order chi connectivity index (χ0) is 27.9. The molecule has 0 fully saturated rings. The van der Waals surface area contributed by atoms with Crippen LogP contribution in [0.3, 0.4) is 0 Å². The van der Waals surface area contributed by atoms with Crippen LogP contribution in [-0.2, 0) is 13.1 Å². The summed E-state index contributed by atoms with van der Waals surface area (Å²) in [6.07, 6.45) is 8.26. The molecule has 1 amide bonds. The van der Waals surface area contributed by atoms with Crippen molar-refractivity contribution in [1.29, 1.82) is 0 Å². The fourth-order valence-corrected chi connectivity index (χ4v) is 4.60. The molecule has 42 heavy (non-hydrogen) atoms. The number of aryl methyl sites for hydroxylation is 2. The van der Waals surface area contributed by atoms with E-state index in [9.17, 15) is 4.79 Å². The molecule has 0 radical (unpaired) electrons. The molecule has 5 rings (SSSR count). The van der Waals surface area contributed by atoms with Crippen LogP contribution in [0.2, 0.25) is 0 Å². The van der Waals surface area contributed by atoms with Gasteiger partial charge in [-0.3, -0.25) is 4.79 Å². The molecule has 0 atom stereocenters. The Hall–Kier alpha value is -3.95. The quantitative estimate of drug-likeness (QED) is 0.163. The van der Waals surface area contributed by atoms with Crippen LogP contribution in [0.1, 0.15) is 37.0 Å². The molecular formula is C33H36Br2N6O. The maximum absolute atomic E-state index is 12.9. The van der Waals surface area contributed by atoms with Gasteiger partial charge in [-0.1, -0.05) is 13.8 Å². The highest BCUT2D eigenvalue weighted by molar-refractivity contribution is 8.93. The Balaban J connectivity index is 0.00000242. The lowest BCUT2D eigenvalue weighted by molar-refractivity contribution is 0.102. The largest absolute Gasteiger partial charge is 0.399 e. The molecule has 2 aromatic heterocycles. The van der Waals surface area contributed by atoms with Gasteiger partial charge in [-0.15, -0.1) is 34.0 Å². The number of hydrogen-bond donors (Lipinski definition) is 2. The van der Waals surface area contributed by atoms with Crippen molar-refractivity contribution in [2.75, 3.05) is 11.1 Å². The average Bonchev–Trinajstić information content (AvgIpc) is 2.97. The average molecular weight is 693 g/mol. The molecule has 0 bridgehead atoms. The van der Waals surface area contributed by atoms with E-state index < -0.39 is 0 Å². The second kappa shape index (κ2) is 15.3. The minimum absolute atomic E-state index is 0. The van der Waals surface area contributed by atoms with E-state index >= 15 is 0 Å². The Kier molecular flexibility index (Phi) is 11.9. The summed E-state index contributed by atoms with van der Waals surface area (Å²) in [6.45, 7) is 6.23. The number of nitrogens with zero attached hydrogens (tertiary/aromatic N) is 4. The molecule has 7 nitrogen and oxygen atoms in total. The summed E-state index contributed by atoms with van der Waals surface area (Å²) in [7, 11) is 0. The first-order valence-electron chi connectivity index (χ1n) is 13.7. The van der Waals surface area contributed by atoms with Crippen molar-refractivity contribution in [2.45, 2.75) is 39.8 Å². The molecule has 0 saturated carbocycles. The van der Waals surface area contributed by atoms with E-state index in [-0.39, 0.29) is 39.9 Å². The molecule has 218 valence electrons. The molecule has 0 saturated heterocycles. The van der Waals surface area contributed by atoms with Crippen LogP contribution in [0.15, 0.2) is 114 Å². The lowest BCUT2D eigenvalue weighted by Gasteiger charge is -2.11. The molecule has 0 unspecified atom stereocenters. The smallest absolute Gasteiger partial charge is 0.255 e. The Morgan fingerprint density at radius 1 is 0.762 bits per heavy atom. The Morgan fingerprint density at radius 2 is 1.40 bits per heavy atom. The van der Waals surface area contributed by atoms with Gasteiger partial charge in [0.25, 0.3) is 5.91 Å². The first-order chi connectivity index (χ1) is 19.5. The number of pyridine rings is 2. The summed E-state index contributed by atoms with van der Waals surface area (Å²) in [5, 5.41) is 5.69. The van der Waals surface area contributed by atoms with Crippen LogP contribution in [0.25, 0.3) is 10.9 Å². The number of anilines is 2. The third-order valence-corrected chi connectivity index (χ3v) is 6.60. The van der Waals surface area contributed by atoms with Crippen molar-refractivity contribution in [2.24, 2.45) is 9.98 Å². The van der Waals surface area contributed by atoms with Gasteiger partial charge in [-0.05, 0) is 97.8 Å². The predicted octanol–water partition coefficient (Wildman–Crippen LogP) is 7.72. The van der Waals surface area contributed by atoms with Crippen molar-refractivity contribution < 1.29 is 4.79 Å². The highest BCUT2D eigenvalue weighted by atomic mass is 79.9. The monoisotopic (exact) mass is 690 g/mol. The van der Waals surface area contributed by atoms with Gasteiger partial charge in [-0.25, -0.2) is 9.98 Å². The zero-order valence-electron chi connectivity index (χ0n) is 23.7. The summed E-state index contributed by atoms with van der Waals surface area (Å²) >= 11 is 0. The fourth-order valence-electron chi connectivity index (χ4n) is 4.60. The van der Waals surface area contributed by atoms with E-state index in [4.69, 9.17) is 10.7 Å². The first-order valence-corrected chi connectivity index (χ1v) is 13.7. The lowest BCUT2D eigenvalue weighted by Crippen LogP contribution is -2.11. The third-order valence-electron chi connectivity index (χ3n) is 6.60. The highest BCUT2D eigenvalue weighted by Gasteiger charge is 2.07. The van der Waals surface area contributed by atoms with Crippen molar-refractivity contribution in [3.8, 4) is 0 Å². The first kappa shape index (κ1) is 32.6. The van der Waals surface area contributed by atoms with Gasteiger partial charge in [0.15, 0.2) is 0 Å². The molecular weight excluding hydrogens is 656 g/mol. The van der Waals surface area contributed by atoms with Crippen LogP contribution in [0.5, 0.6) is 0 Å². The maximum Gasteiger partial charge on any atom is 0.255 e. The van der Waals surface area contributed by atoms with Crippen molar-refractivity contribution >= 4 is 73.5 Å². The fraction of sp³-hybridized carbons (Fsp3) is 0.182. The Labute approximate surface area is 267 Å². The van der Waals surface area contributed by atoms with Crippen molar-refractivity contribution in [3.63, 3.8) is 0 Å². The number of carbonyl (C=O) groups is 1. The van der Waals surface area contributed by atoms with Crippen LogP contribution in [0, 0.1) is 0 Å². The summed E-state index contributed by atoms with van der Waals surface area (Å²) in [5.74, 6) is -0.182. The number of carbonyl (C=O) groups excluding carboxylic acids is 1. The summed E-state index contributed by atoms with van der Waals surface area (Å²) in [5.41, 5.74) is 10.7. The van der Waals surface area contributed by atoms with Crippen molar-refractivity contribution in [1.82, 2.24) is 9.13 Å². The second-order valence-electron chi connectivity index (χ2n) is 9.74. The molecule has 0 aliphatic heterocycles. The van der Waals surface area contributed by atoms with E-state index in [1.165, 1.54) is 0 Å². The number of nitrogens with two attached hydrogens (primary N) is 1. The van der Waals surface area contributed by atoms with Gasteiger partial charge >= 0.3 is 0 Å². The minimum atomic E-state index is -0.182. The van der Waals surface area contributed by atoms with Crippen LogP contribution < -0.4 is 21.8 Å². The third kappa shape index (κ3) is 8.08. The zero-order valence-corrected chi connectivity index (χ0v) is 27.2. The van der Waals surface area contributed by atoms with E-state index in [1.807, 2.05) is 85.2 Å². The highest BCUT2D eigenvalue weighted by Crippen LogP contribution is 2.19. The summed E-state index contributed by atoms with van der Waals surface area (Å²) in [4.78, 5) is 22.4. The molecule has 0 spiro atoms. The molecule has 3 N–H and O–H groups in total. The van der Waals surface area contributed by atoms with E-state index in [1.54, 1.807) is 12.1 Å². The molecule has 2 heterocycles. The molecule has 0 aliphatic rings. The topological polar surface area (TPSA) is 89.7 Å². The molecule has 3 aromatic carbocycles. The summed E-state index contributed by atoms with van der Waals surface area (Å²) in [6, 6.07) is 26.7. The van der Waals surface area contributed by atoms with E-state index in [2.05, 4.69) is 39.5 Å². The predicted molar refractivity (Wildman–Crippen MR) is 183 cm³/mol. The maximum atomic E-state index is 12.9. The summed E-state index contributed by atoms with van der Waals surface area (Å²) < 4.78 is 4.35. The van der Waals surface area contributed by atoms with Gasteiger partial charge in [-0.2, -0.15) is 0 Å². The molecule has 5 aromatic rings. The van der Waals surface area contributed by atoms with Gasteiger partial charge < -0.3 is 20.2 Å². The number of halogens is 2. The number of nitrogen functional groups attached to an aromatic ring is 1. The standard InChI is InChI=1S/C33H34N6O.2BrH/c1-3-18-38-20-15-29(16-21-38)35-26-10-12-28(13-11-26)37-33(40)24-5-8-27(9-6-24)36-31-17-22-39(19-4-2)32-14-7-25(34)23-30(31)32;;/h5-17,20-23H,3-4,18-19,34H2,1-2H3,(H,37,40);2*1H. The minimum Gasteiger partial charge on any atom is -0.399 e. The number of benzene rings is 3. The van der Waals surface area contributed by atoms with E-state index in [0.717, 1.165) is 58.9 Å². The molecule has 0 aliphatic carbocycles. The van der Waals surface area contributed by atoms with Gasteiger partial charge in [0, 0.05) is 54.0 Å². The van der Waals surface area contributed by atoms with Crippen LogP contribution >= 0.6 is 34.0 Å². The number of fused-ring (bicyclic) bond motifs is 1. The SMILES string of the molecule is Br.Br.CCCn1ccc(=Nc2ccc(NC(=O)c3ccc(N=c4ccn(CCC)c5ccc(N)cc45)cc3)cc2)cc1. The van der Waals surface area contributed by atoms with Crippen molar-refractivity contribution in [3.05, 3.63) is 120 Å². The van der Waals surface area contributed by atoms with Gasteiger partial charge in [0.1, 0.15) is 0 Å². The molecule has 9 heteroatoms. The second-order valence-corrected chi connectivity index (χ2v) is 9.74. The normalized spacial score (nSPS) is 11.0. The number of aromatic nitrogens is 2.